The molecule has 0 nitrogen and oxygen atoms in total. The Morgan fingerprint density at radius 2 is 0.778 bits per heavy atom. The molecule has 0 radical (unpaired) electrons. The van der Waals surface area contributed by atoms with Gasteiger partial charge in [0, 0.05) is 0 Å². The fraction of sp³-hybridized carbons (Fsp3) is 1.00. The summed E-state index contributed by atoms with van der Waals surface area (Å²) in [6.45, 7) is 4.00. The average Bonchev–Trinajstić information content (AvgIpc) is 2.22. The van der Waals surface area contributed by atoms with E-state index in [4.69, 9.17) is 21.4 Å². The summed E-state index contributed by atoms with van der Waals surface area (Å²) in [4.78, 5) is 0. The maximum atomic E-state index is 6.22. The van der Waals surface area contributed by atoms with E-state index in [0.717, 1.165) is 0 Å². The molecule has 0 bridgehead atoms. The molecule has 0 saturated carbocycles. The van der Waals surface area contributed by atoms with Crippen molar-refractivity contribution in [2.75, 3.05) is 36.5 Å². The van der Waals surface area contributed by atoms with Gasteiger partial charge in [0.25, 0.3) is 0 Å². The Labute approximate surface area is 128 Å². The Morgan fingerprint density at radius 3 is 1.00 bits per heavy atom. The molecule has 0 aromatic heterocycles. The Kier molecular flexibility index (Phi) is 14.4. The summed E-state index contributed by atoms with van der Waals surface area (Å²) in [6, 6.07) is 0. The predicted octanol–water partition coefficient (Wildman–Crippen LogP) is 6.79. The SMILES string of the molecule is CC.CS(C)(Cl)CCCCCCCCS(C)(C)Cl. The maximum absolute atomic E-state index is 6.22. The smallest absolute Gasteiger partial charge is 0.0106 e. The Morgan fingerprint density at radius 1 is 0.556 bits per heavy atom. The van der Waals surface area contributed by atoms with Crippen molar-refractivity contribution < 1.29 is 0 Å². The predicted molar refractivity (Wildman–Crippen MR) is 99.4 cm³/mol. The summed E-state index contributed by atoms with van der Waals surface area (Å²) in [5.74, 6) is 2.43. The van der Waals surface area contributed by atoms with E-state index >= 15 is 0 Å². The number of rotatable bonds is 9. The topological polar surface area (TPSA) is 0 Å². The average molecular weight is 337 g/mol. The van der Waals surface area contributed by atoms with Crippen LogP contribution >= 0.6 is 39.8 Å². The van der Waals surface area contributed by atoms with Gasteiger partial charge in [-0.2, -0.15) is 18.5 Å². The van der Waals surface area contributed by atoms with Crippen molar-refractivity contribution >= 4 is 39.8 Å². The molecule has 18 heavy (non-hydrogen) atoms. The van der Waals surface area contributed by atoms with Gasteiger partial charge < -0.3 is 0 Å². The minimum atomic E-state index is -0.783. The molecule has 0 saturated heterocycles. The maximum Gasteiger partial charge on any atom is -0.0106 e. The van der Waals surface area contributed by atoms with Gasteiger partial charge in [-0.15, -0.1) is 0 Å². The van der Waals surface area contributed by atoms with Crippen molar-refractivity contribution in [1.29, 1.82) is 0 Å². The molecule has 116 valence electrons. The molecule has 0 N–H and O–H groups in total. The van der Waals surface area contributed by atoms with Gasteiger partial charge in [0.15, 0.2) is 0 Å². The summed E-state index contributed by atoms with van der Waals surface area (Å²) in [7, 11) is 10.9. The number of hydrogen-bond acceptors (Lipinski definition) is 0. The first-order valence-corrected chi connectivity index (χ1v) is 13.9. The number of unbranched alkanes of at least 4 members (excludes halogenated alkanes) is 5. The van der Waals surface area contributed by atoms with E-state index in [1.807, 2.05) is 13.8 Å². The van der Waals surface area contributed by atoms with Crippen LogP contribution in [0.1, 0.15) is 52.4 Å². The van der Waals surface area contributed by atoms with Gasteiger partial charge in [0.2, 0.25) is 0 Å². The van der Waals surface area contributed by atoms with Gasteiger partial charge >= 0.3 is 0 Å². The van der Waals surface area contributed by atoms with Gasteiger partial charge in [-0.25, -0.2) is 0 Å². The van der Waals surface area contributed by atoms with E-state index in [1.54, 1.807) is 0 Å². The van der Waals surface area contributed by atoms with Crippen LogP contribution < -0.4 is 0 Å². The minimum Gasteiger partial charge on any atom is -0.169 e. The monoisotopic (exact) mass is 336 g/mol. The third-order valence-electron chi connectivity index (χ3n) is 2.51. The lowest BCUT2D eigenvalue weighted by molar-refractivity contribution is 0.628. The second-order valence-corrected chi connectivity index (χ2v) is 16.8. The number of hydrogen-bond donors (Lipinski definition) is 0. The second-order valence-electron chi connectivity index (χ2n) is 5.34. The van der Waals surface area contributed by atoms with Crippen LogP contribution in [-0.4, -0.2) is 36.5 Å². The van der Waals surface area contributed by atoms with E-state index < -0.39 is 18.5 Å². The van der Waals surface area contributed by atoms with E-state index in [2.05, 4.69) is 25.0 Å². The zero-order chi connectivity index (χ0) is 14.7. The highest BCUT2D eigenvalue weighted by molar-refractivity contribution is 8.50. The third-order valence-corrected chi connectivity index (χ3v) is 5.95. The summed E-state index contributed by atoms with van der Waals surface area (Å²) in [5.41, 5.74) is 0. The highest BCUT2D eigenvalue weighted by atomic mass is 35.7. The molecule has 0 aliphatic carbocycles. The van der Waals surface area contributed by atoms with Gasteiger partial charge in [-0.3, -0.25) is 0 Å². The number of halogens is 2. The molecule has 0 spiro atoms. The molecule has 0 atom stereocenters. The molecule has 0 heterocycles. The van der Waals surface area contributed by atoms with E-state index in [-0.39, 0.29) is 0 Å². The Bertz CT molecular complexity index is 152. The molecule has 0 unspecified atom stereocenters. The molecule has 0 aromatic rings. The van der Waals surface area contributed by atoms with Crippen LogP contribution in [0.25, 0.3) is 0 Å². The fourth-order valence-electron chi connectivity index (χ4n) is 1.60. The van der Waals surface area contributed by atoms with E-state index in [9.17, 15) is 0 Å². The lowest BCUT2D eigenvalue weighted by atomic mass is 10.1. The Hall–Kier alpha value is 1.28. The van der Waals surface area contributed by atoms with Crippen LogP contribution in [0.15, 0.2) is 0 Å². The fourth-order valence-corrected chi connectivity index (χ4v) is 4.03. The summed E-state index contributed by atoms with van der Waals surface area (Å²) in [5, 5.41) is 0. The summed E-state index contributed by atoms with van der Waals surface area (Å²) >= 11 is 0. The lowest BCUT2D eigenvalue weighted by Crippen LogP contribution is -1.95. The molecular formula is C14H34Cl2S2. The zero-order valence-corrected chi connectivity index (χ0v) is 16.4. The molecule has 0 amide bonds. The van der Waals surface area contributed by atoms with Gasteiger partial charge in [-0.05, 0) is 49.4 Å². The van der Waals surface area contributed by atoms with Crippen molar-refractivity contribution in [2.45, 2.75) is 52.4 Å². The summed E-state index contributed by atoms with van der Waals surface area (Å²) < 4.78 is 0. The van der Waals surface area contributed by atoms with Crippen molar-refractivity contribution in [3.8, 4) is 0 Å². The highest BCUT2D eigenvalue weighted by Crippen LogP contribution is 2.46. The van der Waals surface area contributed by atoms with Crippen molar-refractivity contribution in [3.63, 3.8) is 0 Å². The standard InChI is InChI=1S/C12H28Cl2S2.C2H6/c1-15(2,13)11-9-7-5-6-8-10-12-16(3,4)14;1-2/h5-12H2,1-4H3;1-2H3. The van der Waals surface area contributed by atoms with Crippen molar-refractivity contribution in [1.82, 2.24) is 0 Å². The molecule has 0 rings (SSSR count). The third kappa shape index (κ3) is 22.5. The first kappa shape index (κ1) is 21.6. The van der Waals surface area contributed by atoms with Gasteiger partial charge in [0.05, 0.1) is 0 Å². The molecule has 4 heteroatoms. The first-order valence-electron chi connectivity index (χ1n) is 7.02. The van der Waals surface area contributed by atoms with Gasteiger partial charge in [-0.1, -0.05) is 60.9 Å². The first-order chi connectivity index (χ1) is 8.21. The quantitative estimate of drug-likeness (QED) is 0.406. The van der Waals surface area contributed by atoms with Crippen LogP contribution in [0.5, 0.6) is 0 Å². The minimum absolute atomic E-state index is 0.783. The molecule has 0 aromatic carbocycles. The van der Waals surface area contributed by atoms with Crippen LogP contribution in [-0.2, 0) is 0 Å². The van der Waals surface area contributed by atoms with Crippen LogP contribution in [0.3, 0.4) is 0 Å². The van der Waals surface area contributed by atoms with Crippen LogP contribution in [0.2, 0.25) is 0 Å². The van der Waals surface area contributed by atoms with Crippen molar-refractivity contribution in [3.05, 3.63) is 0 Å². The molecule has 0 aliphatic rings. The van der Waals surface area contributed by atoms with E-state index in [1.165, 1.54) is 50.0 Å². The molecular weight excluding hydrogens is 303 g/mol. The van der Waals surface area contributed by atoms with Crippen LogP contribution in [0, 0.1) is 0 Å². The van der Waals surface area contributed by atoms with Crippen LogP contribution in [0.4, 0.5) is 0 Å². The van der Waals surface area contributed by atoms with Gasteiger partial charge in [0.1, 0.15) is 0 Å². The largest absolute Gasteiger partial charge is 0.169 e. The second kappa shape index (κ2) is 12.1. The van der Waals surface area contributed by atoms with Crippen molar-refractivity contribution in [2.24, 2.45) is 0 Å². The summed E-state index contributed by atoms with van der Waals surface area (Å²) in [6.07, 6.45) is 16.8. The lowest BCUT2D eigenvalue weighted by Gasteiger charge is -2.21. The van der Waals surface area contributed by atoms with E-state index in [0.29, 0.717) is 0 Å². The molecule has 0 fully saturated rings. The molecule has 0 aliphatic heterocycles. The zero-order valence-electron chi connectivity index (χ0n) is 13.2. The normalized spacial score (nSPS) is 13.8. The Balaban J connectivity index is 0. The highest BCUT2D eigenvalue weighted by Gasteiger charge is 2.06.